The molecule has 0 unspecified atom stereocenters. The van der Waals surface area contributed by atoms with Gasteiger partial charge in [0.25, 0.3) is 5.56 Å². The molecule has 1 N–H and O–H groups in total. The lowest BCUT2D eigenvalue weighted by molar-refractivity contribution is 0.782. The average molecular weight is 286 g/mol. The van der Waals surface area contributed by atoms with E-state index >= 15 is 0 Å². The Kier molecular flexibility index (Phi) is 3.56. The van der Waals surface area contributed by atoms with Gasteiger partial charge in [-0.3, -0.25) is 9.48 Å². The number of benzene rings is 1. The van der Waals surface area contributed by atoms with E-state index in [0.29, 0.717) is 22.6 Å². The highest BCUT2D eigenvalue weighted by Crippen LogP contribution is 2.16. The van der Waals surface area contributed by atoms with Crippen molar-refractivity contribution in [3.8, 4) is 0 Å². The van der Waals surface area contributed by atoms with Gasteiger partial charge >= 0.3 is 0 Å². The van der Waals surface area contributed by atoms with Crippen LogP contribution in [0.15, 0.2) is 41.3 Å². The lowest BCUT2D eigenvalue weighted by Crippen LogP contribution is -2.11. The molecular weight excluding hydrogens is 272 g/mol. The zero-order valence-electron chi connectivity index (χ0n) is 11.0. The Morgan fingerprint density at radius 3 is 2.85 bits per heavy atom. The van der Waals surface area contributed by atoms with Gasteiger partial charge in [0.15, 0.2) is 5.65 Å². The molecule has 0 spiro atoms. The van der Waals surface area contributed by atoms with E-state index in [-0.39, 0.29) is 5.56 Å². The minimum Gasteiger partial charge on any atom is -0.309 e. The predicted octanol–water partition coefficient (Wildman–Crippen LogP) is 2.09. The molecule has 0 saturated heterocycles. The molecule has 5 nitrogen and oxygen atoms in total. The van der Waals surface area contributed by atoms with Crippen LogP contribution in [0.25, 0.3) is 11.0 Å². The van der Waals surface area contributed by atoms with Crippen molar-refractivity contribution < 1.29 is 0 Å². The molecule has 0 bridgehead atoms. The number of nitrogens with one attached hydrogen (secondary N) is 1. The maximum absolute atomic E-state index is 11.9. The Morgan fingerprint density at radius 2 is 2.05 bits per heavy atom. The van der Waals surface area contributed by atoms with Crippen LogP contribution in [0.4, 0.5) is 0 Å². The van der Waals surface area contributed by atoms with Gasteiger partial charge < -0.3 is 4.98 Å². The van der Waals surface area contributed by atoms with Crippen molar-refractivity contribution in [2.75, 3.05) is 0 Å². The normalized spacial score (nSPS) is 11.1. The summed E-state index contributed by atoms with van der Waals surface area (Å²) in [5.74, 6) is 2.26. The summed E-state index contributed by atoms with van der Waals surface area (Å²) in [5, 5.41) is 4.58. The van der Waals surface area contributed by atoms with Gasteiger partial charge in [-0.1, -0.05) is 30.3 Å². The predicted molar refractivity (Wildman–Crippen MR) is 80.6 cm³/mol. The van der Waals surface area contributed by atoms with Crippen molar-refractivity contribution in [1.82, 2.24) is 19.7 Å². The largest absolute Gasteiger partial charge is 0.309 e. The zero-order chi connectivity index (χ0) is 13.9. The first-order chi connectivity index (χ1) is 9.74. The van der Waals surface area contributed by atoms with E-state index in [1.54, 1.807) is 29.7 Å². The molecule has 3 aromatic rings. The second-order valence-electron chi connectivity index (χ2n) is 4.50. The first kappa shape index (κ1) is 12.9. The second-order valence-corrected chi connectivity index (χ2v) is 5.48. The molecule has 0 amide bonds. The maximum atomic E-state index is 11.9. The van der Waals surface area contributed by atoms with E-state index in [0.717, 1.165) is 5.75 Å². The second kappa shape index (κ2) is 5.50. The minimum atomic E-state index is -0.126. The van der Waals surface area contributed by atoms with E-state index in [2.05, 4.69) is 27.2 Å². The number of thioether (sulfide) groups is 1. The quantitative estimate of drug-likeness (QED) is 0.797. The molecular formula is C14H14N4OS. The number of aryl methyl sites for hydroxylation is 1. The van der Waals surface area contributed by atoms with Crippen LogP contribution in [-0.2, 0) is 18.6 Å². The number of fused-ring (bicyclic) bond motifs is 1. The smallest absolute Gasteiger partial charge is 0.262 e. The van der Waals surface area contributed by atoms with Crippen LogP contribution in [0.3, 0.4) is 0 Å². The number of aromatic nitrogens is 4. The van der Waals surface area contributed by atoms with Crippen molar-refractivity contribution in [2.24, 2.45) is 7.05 Å². The highest BCUT2D eigenvalue weighted by Gasteiger charge is 2.07. The molecule has 1 aromatic carbocycles. The van der Waals surface area contributed by atoms with E-state index < -0.39 is 0 Å². The number of nitrogens with zero attached hydrogens (tertiary/aromatic N) is 3. The topological polar surface area (TPSA) is 63.6 Å². The third-order valence-corrected chi connectivity index (χ3v) is 4.02. The Labute approximate surface area is 120 Å². The van der Waals surface area contributed by atoms with Crippen molar-refractivity contribution >= 4 is 22.8 Å². The lowest BCUT2D eigenvalue weighted by atomic mass is 10.2. The van der Waals surface area contributed by atoms with Crippen molar-refractivity contribution in [3.63, 3.8) is 0 Å². The van der Waals surface area contributed by atoms with Gasteiger partial charge in [0.05, 0.1) is 11.9 Å². The van der Waals surface area contributed by atoms with Gasteiger partial charge in [-0.25, -0.2) is 4.98 Å². The summed E-state index contributed by atoms with van der Waals surface area (Å²) in [7, 11) is 1.79. The summed E-state index contributed by atoms with van der Waals surface area (Å²) in [6.45, 7) is 0. The average Bonchev–Trinajstić information content (AvgIpc) is 2.82. The first-order valence-electron chi connectivity index (χ1n) is 6.26. The Bertz CT molecular complexity index is 779. The number of hydrogen-bond donors (Lipinski definition) is 1. The molecule has 102 valence electrons. The highest BCUT2D eigenvalue weighted by atomic mass is 32.2. The Morgan fingerprint density at radius 1 is 1.25 bits per heavy atom. The van der Waals surface area contributed by atoms with Crippen LogP contribution >= 0.6 is 11.8 Å². The molecule has 6 heteroatoms. The summed E-state index contributed by atoms with van der Waals surface area (Å²) < 4.78 is 1.62. The van der Waals surface area contributed by atoms with Crippen LogP contribution in [-0.4, -0.2) is 19.7 Å². The van der Waals surface area contributed by atoms with Gasteiger partial charge in [0.1, 0.15) is 11.2 Å². The Hall–Kier alpha value is -2.08. The van der Waals surface area contributed by atoms with E-state index in [1.807, 2.05) is 18.2 Å². The van der Waals surface area contributed by atoms with Gasteiger partial charge in [0.2, 0.25) is 0 Å². The monoisotopic (exact) mass is 286 g/mol. The van der Waals surface area contributed by atoms with E-state index in [4.69, 9.17) is 0 Å². The SMILES string of the molecule is Cn1ncc2c(=O)[nH]c(CSCc3ccccc3)nc21. The molecule has 3 rings (SSSR count). The van der Waals surface area contributed by atoms with Crippen LogP contribution in [0.2, 0.25) is 0 Å². The van der Waals surface area contributed by atoms with E-state index in [1.165, 1.54) is 5.56 Å². The molecule has 0 radical (unpaired) electrons. The highest BCUT2D eigenvalue weighted by molar-refractivity contribution is 7.97. The van der Waals surface area contributed by atoms with Crippen LogP contribution in [0.5, 0.6) is 0 Å². The first-order valence-corrected chi connectivity index (χ1v) is 7.42. The zero-order valence-corrected chi connectivity index (χ0v) is 11.9. The summed E-state index contributed by atoms with van der Waals surface area (Å²) in [6.07, 6.45) is 1.54. The fourth-order valence-electron chi connectivity index (χ4n) is 1.99. The molecule has 0 aliphatic rings. The van der Waals surface area contributed by atoms with Crippen LogP contribution < -0.4 is 5.56 Å². The van der Waals surface area contributed by atoms with Gasteiger partial charge in [-0.2, -0.15) is 5.10 Å². The lowest BCUT2D eigenvalue weighted by Gasteiger charge is -2.02. The molecule has 0 atom stereocenters. The summed E-state index contributed by atoms with van der Waals surface area (Å²) in [4.78, 5) is 19.1. The van der Waals surface area contributed by atoms with Crippen LogP contribution in [0.1, 0.15) is 11.4 Å². The van der Waals surface area contributed by atoms with Gasteiger partial charge in [0, 0.05) is 12.8 Å². The Balaban J connectivity index is 1.75. The number of rotatable bonds is 4. The molecule has 0 aliphatic heterocycles. The number of H-pyrrole nitrogens is 1. The molecule has 0 fully saturated rings. The maximum Gasteiger partial charge on any atom is 0.262 e. The standard InChI is InChI=1S/C14H14N4OS/c1-18-13-11(7-15-18)14(19)17-12(16-13)9-20-8-10-5-3-2-4-6-10/h2-7H,8-9H2,1H3,(H,16,17,19). The van der Waals surface area contributed by atoms with Crippen molar-refractivity contribution in [3.05, 3.63) is 58.3 Å². The van der Waals surface area contributed by atoms with Gasteiger partial charge in [-0.05, 0) is 5.56 Å². The third-order valence-electron chi connectivity index (χ3n) is 3.00. The number of hydrogen-bond acceptors (Lipinski definition) is 4. The fourth-order valence-corrected chi connectivity index (χ4v) is 2.85. The van der Waals surface area contributed by atoms with E-state index in [9.17, 15) is 4.79 Å². The van der Waals surface area contributed by atoms with Crippen LogP contribution in [0, 0.1) is 0 Å². The molecule has 2 heterocycles. The third kappa shape index (κ3) is 2.60. The summed E-state index contributed by atoms with van der Waals surface area (Å²) >= 11 is 1.72. The molecule has 0 saturated carbocycles. The molecule has 2 aromatic heterocycles. The summed E-state index contributed by atoms with van der Waals surface area (Å²) in [6, 6.07) is 10.2. The van der Waals surface area contributed by atoms with Gasteiger partial charge in [-0.15, -0.1) is 11.8 Å². The van der Waals surface area contributed by atoms with Crippen molar-refractivity contribution in [1.29, 1.82) is 0 Å². The summed E-state index contributed by atoms with van der Waals surface area (Å²) in [5.41, 5.74) is 1.77. The van der Waals surface area contributed by atoms with Crippen molar-refractivity contribution in [2.45, 2.75) is 11.5 Å². The number of aromatic amines is 1. The molecule has 0 aliphatic carbocycles. The molecule has 20 heavy (non-hydrogen) atoms. The fraction of sp³-hybridized carbons (Fsp3) is 0.214. The minimum absolute atomic E-state index is 0.126.